The quantitative estimate of drug-likeness (QED) is 0.356. The van der Waals surface area contributed by atoms with Gasteiger partial charge in [0.05, 0.1) is 18.4 Å². The van der Waals surface area contributed by atoms with E-state index in [4.69, 9.17) is 4.99 Å². The summed E-state index contributed by atoms with van der Waals surface area (Å²) in [5.41, 5.74) is 0.978. The Kier molecular flexibility index (Phi) is 8.44. The Bertz CT molecular complexity index is 687. The van der Waals surface area contributed by atoms with Gasteiger partial charge in [0.15, 0.2) is 5.96 Å². The van der Waals surface area contributed by atoms with Gasteiger partial charge in [0.1, 0.15) is 6.54 Å². The van der Waals surface area contributed by atoms with Gasteiger partial charge in [0.2, 0.25) is 5.91 Å². The van der Waals surface area contributed by atoms with E-state index in [1.807, 2.05) is 29.9 Å². The summed E-state index contributed by atoms with van der Waals surface area (Å²) in [6.07, 6.45) is 4.78. The van der Waals surface area contributed by atoms with Crippen LogP contribution < -0.4 is 10.2 Å². The average Bonchev–Trinajstić information content (AvgIpc) is 3.28. The van der Waals surface area contributed by atoms with Crippen LogP contribution >= 0.6 is 35.7 Å². The van der Waals surface area contributed by atoms with Crippen LogP contribution in [0, 0.1) is 0 Å². The van der Waals surface area contributed by atoms with Crippen molar-refractivity contribution in [3.05, 3.63) is 12.4 Å². The number of likely N-dealkylation sites (N-methyl/N-ethyl adjacent to an activating group) is 1. The lowest BCUT2D eigenvalue weighted by molar-refractivity contribution is -0.120. The van der Waals surface area contributed by atoms with Crippen molar-refractivity contribution in [1.82, 2.24) is 24.9 Å². The molecular formula is C18H32IN7OS. The monoisotopic (exact) mass is 521 g/mol. The van der Waals surface area contributed by atoms with E-state index in [9.17, 15) is 4.79 Å². The standard InChI is InChI=1S/C18H31N7OS.HI/c1-5-19-17(20-13-18(22(2)3)6-9-27-14-18)24-7-8-25(16(26)12-24)15-10-21-23(4)11-15;/h10-11H,5-9,12-14H2,1-4H3,(H,19,20);1H. The molecular weight excluding hydrogens is 489 g/mol. The molecule has 0 radical (unpaired) electrons. The zero-order valence-electron chi connectivity index (χ0n) is 17.2. The Morgan fingerprint density at radius 2 is 2.21 bits per heavy atom. The molecule has 2 saturated heterocycles. The fourth-order valence-electron chi connectivity index (χ4n) is 3.54. The predicted octanol–water partition coefficient (Wildman–Crippen LogP) is 1.09. The highest BCUT2D eigenvalue weighted by atomic mass is 127. The van der Waals surface area contributed by atoms with Crippen LogP contribution in [-0.2, 0) is 11.8 Å². The normalized spacial score (nSPS) is 23.3. The molecule has 0 aromatic carbocycles. The first-order chi connectivity index (χ1) is 12.9. The lowest BCUT2D eigenvalue weighted by Gasteiger charge is -2.37. The number of aliphatic imine (C=N–C) groups is 1. The molecule has 10 heteroatoms. The number of nitrogens with zero attached hydrogens (tertiary/aromatic N) is 6. The summed E-state index contributed by atoms with van der Waals surface area (Å²) >= 11 is 2.00. The van der Waals surface area contributed by atoms with Gasteiger partial charge < -0.3 is 20.0 Å². The fraction of sp³-hybridized carbons (Fsp3) is 0.722. The summed E-state index contributed by atoms with van der Waals surface area (Å²) in [6, 6.07) is 0. The van der Waals surface area contributed by atoms with Gasteiger partial charge in [-0.2, -0.15) is 16.9 Å². The third kappa shape index (κ3) is 5.12. The van der Waals surface area contributed by atoms with Gasteiger partial charge in [-0.3, -0.25) is 14.5 Å². The molecule has 28 heavy (non-hydrogen) atoms. The Balaban J connectivity index is 0.00000280. The number of carbonyl (C=O) groups is 1. The van der Waals surface area contributed by atoms with Crippen LogP contribution in [0.3, 0.4) is 0 Å². The van der Waals surface area contributed by atoms with E-state index >= 15 is 0 Å². The number of amides is 1. The van der Waals surface area contributed by atoms with Gasteiger partial charge in [-0.1, -0.05) is 0 Å². The number of carbonyl (C=O) groups excluding carboxylic acids is 1. The van der Waals surface area contributed by atoms with E-state index in [1.54, 1.807) is 10.9 Å². The van der Waals surface area contributed by atoms with Crippen LogP contribution in [0.1, 0.15) is 13.3 Å². The zero-order chi connectivity index (χ0) is 19.4. The molecule has 0 bridgehead atoms. The van der Waals surface area contributed by atoms with Crippen LogP contribution in [0.5, 0.6) is 0 Å². The zero-order valence-corrected chi connectivity index (χ0v) is 20.4. The maximum absolute atomic E-state index is 12.7. The number of anilines is 1. The van der Waals surface area contributed by atoms with Gasteiger partial charge in [-0.05, 0) is 33.2 Å². The summed E-state index contributed by atoms with van der Waals surface area (Å²) in [6.45, 7) is 5.35. The van der Waals surface area contributed by atoms with Crippen molar-refractivity contribution in [2.24, 2.45) is 12.0 Å². The lowest BCUT2D eigenvalue weighted by Crippen LogP contribution is -2.56. The van der Waals surface area contributed by atoms with Gasteiger partial charge in [0, 0.05) is 44.2 Å². The van der Waals surface area contributed by atoms with Gasteiger partial charge in [0.25, 0.3) is 0 Å². The van der Waals surface area contributed by atoms with Crippen molar-refractivity contribution < 1.29 is 4.79 Å². The fourth-order valence-corrected chi connectivity index (χ4v) is 5.08. The van der Waals surface area contributed by atoms with Crippen molar-refractivity contribution >= 4 is 53.3 Å². The number of aromatic nitrogens is 2. The Morgan fingerprint density at radius 1 is 1.43 bits per heavy atom. The first-order valence-corrected chi connectivity index (χ1v) is 10.7. The van der Waals surface area contributed by atoms with Crippen molar-refractivity contribution in [2.75, 3.05) is 63.2 Å². The number of aryl methyl sites for hydroxylation is 1. The maximum Gasteiger partial charge on any atom is 0.246 e. The van der Waals surface area contributed by atoms with E-state index in [2.05, 4.69) is 41.2 Å². The SMILES string of the molecule is CCNC(=NCC1(N(C)C)CCSC1)N1CCN(c2cnn(C)c2)C(=O)C1.I. The topological polar surface area (TPSA) is 69.0 Å². The predicted molar refractivity (Wildman–Crippen MR) is 127 cm³/mol. The second-order valence-corrected chi connectivity index (χ2v) is 8.54. The number of guanidine groups is 1. The molecule has 1 aromatic rings. The Labute approximate surface area is 189 Å². The van der Waals surface area contributed by atoms with Crippen molar-refractivity contribution in [3.8, 4) is 0 Å². The highest BCUT2D eigenvalue weighted by Crippen LogP contribution is 2.32. The Morgan fingerprint density at radius 3 is 2.75 bits per heavy atom. The van der Waals surface area contributed by atoms with Crippen LogP contribution in [-0.4, -0.2) is 95.3 Å². The maximum atomic E-state index is 12.7. The summed E-state index contributed by atoms with van der Waals surface area (Å²) in [5, 5.41) is 7.55. The third-order valence-electron chi connectivity index (χ3n) is 5.41. The minimum atomic E-state index is 0. The first kappa shape index (κ1) is 23.3. The molecule has 1 N–H and O–H groups in total. The van der Waals surface area contributed by atoms with Crippen LogP contribution in [0.25, 0.3) is 0 Å². The van der Waals surface area contributed by atoms with E-state index in [0.29, 0.717) is 13.1 Å². The minimum Gasteiger partial charge on any atom is -0.357 e. The third-order valence-corrected chi connectivity index (χ3v) is 6.65. The van der Waals surface area contributed by atoms with Crippen LogP contribution in [0.2, 0.25) is 0 Å². The summed E-state index contributed by atoms with van der Waals surface area (Å²) in [4.78, 5) is 23.8. The van der Waals surface area contributed by atoms with E-state index in [-0.39, 0.29) is 35.4 Å². The highest BCUT2D eigenvalue weighted by molar-refractivity contribution is 14.0. The molecule has 8 nitrogen and oxygen atoms in total. The van der Waals surface area contributed by atoms with Crippen LogP contribution in [0.15, 0.2) is 17.4 Å². The van der Waals surface area contributed by atoms with Crippen molar-refractivity contribution in [3.63, 3.8) is 0 Å². The lowest BCUT2D eigenvalue weighted by atomic mass is 9.98. The molecule has 3 heterocycles. The average molecular weight is 521 g/mol. The smallest absolute Gasteiger partial charge is 0.246 e. The van der Waals surface area contributed by atoms with E-state index in [0.717, 1.165) is 43.5 Å². The molecule has 2 fully saturated rings. The number of hydrogen-bond acceptors (Lipinski definition) is 5. The number of nitrogens with one attached hydrogen (secondary N) is 1. The number of hydrogen-bond donors (Lipinski definition) is 1. The van der Waals surface area contributed by atoms with Gasteiger partial charge in [-0.15, -0.1) is 24.0 Å². The number of piperazine rings is 1. The summed E-state index contributed by atoms with van der Waals surface area (Å²) in [5.74, 6) is 3.22. The molecule has 1 amide bonds. The highest BCUT2D eigenvalue weighted by Gasteiger charge is 2.37. The van der Waals surface area contributed by atoms with Crippen molar-refractivity contribution in [1.29, 1.82) is 0 Å². The Hall–Kier alpha value is -1.01. The first-order valence-electron chi connectivity index (χ1n) is 9.52. The molecule has 0 saturated carbocycles. The second kappa shape index (κ2) is 10.1. The summed E-state index contributed by atoms with van der Waals surface area (Å²) in [7, 11) is 6.15. The number of rotatable bonds is 5. The largest absolute Gasteiger partial charge is 0.357 e. The minimum absolute atomic E-state index is 0. The van der Waals surface area contributed by atoms with Crippen molar-refractivity contribution in [2.45, 2.75) is 18.9 Å². The van der Waals surface area contributed by atoms with Gasteiger partial charge in [-0.25, -0.2) is 0 Å². The molecule has 0 aliphatic carbocycles. The molecule has 1 unspecified atom stereocenters. The molecule has 2 aliphatic heterocycles. The molecule has 1 aromatic heterocycles. The molecule has 158 valence electrons. The summed E-state index contributed by atoms with van der Waals surface area (Å²) < 4.78 is 1.72. The number of thioether (sulfide) groups is 1. The molecule has 3 rings (SSSR count). The second-order valence-electron chi connectivity index (χ2n) is 7.43. The van der Waals surface area contributed by atoms with Crippen LogP contribution in [0.4, 0.5) is 5.69 Å². The van der Waals surface area contributed by atoms with E-state index < -0.39 is 0 Å². The molecule has 1 atom stereocenters. The molecule has 0 spiro atoms. The van der Waals surface area contributed by atoms with Gasteiger partial charge >= 0.3 is 0 Å². The van der Waals surface area contributed by atoms with E-state index in [1.165, 1.54) is 5.75 Å². The number of halogens is 1. The molecule has 2 aliphatic rings.